The number of hydrogen-bond acceptors (Lipinski definition) is 4. The maximum atomic E-state index is 11.9. The van der Waals surface area contributed by atoms with E-state index in [4.69, 9.17) is 18.0 Å². The lowest BCUT2D eigenvalue weighted by molar-refractivity contribution is -0.121. The van der Waals surface area contributed by atoms with Crippen molar-refractivity contribution in [2.45, 2.75) is 50.3 Å². The van der Waals surface area contributed by atoms with Gasteiger partial charge >= 0.3 is 0 Å². The van der Waals surface area contributed by atoms with Gasteiger partial charge in [0.05, 0.1) is 11.0 Å². The Labute approximate surface area is 120 Å². The molecule has 1 aliphatic carbocycles. The molecule has 0 radical (unpaired) electrons. The highest BCUT2D eigenvalue weighted by Crippen LogP contribution is 2.26. The van der Waals surface area contributed by atoms with Gasteiger partial charge in [0.25, 0.3) is 0 Å². The molecular formula is C12H22N2O3S2. The summed E-state index contributed by atoms with van der Waals surface area (Å²) >= 11 is 5.01. The van der Waals surface area contributed by atoms with Crippen LogP contribution in [0.15, 0.2) is 0 Å². The number of thiocarbonyl (C=S) groups is 1. The van der Waals surface area contributed by atoms with Crippen LogP contribution in [0.25, 0.3) is 0 Å². The van der Waals surface area contributed by atoms with Gasteiger partial charge in [0.2, 0.25) is 5.91 Å². The normalized spacial score (nSPS) is 20.5. The van der Waals surface area contributed by atoms with E-state index in [2.05, 4.69) is 5.32 Å². The average molecular weight is 306 g/mol. The molecule has 7 heteroatoms. The number of nitrogens with one attached hydrogen (secondary N) is 1. The molecule has 1 amide bonds. The van der Waals surface area contributed by atoms with Gasteiger partial charge in [-0.25, -0.2) is 8.42 Å². The summed E-state index contributed by atoms with van der Waals surface area (Å²) in [4.78, 5) is 12.2. The van der Waals surface area contributed by atoms with Crippen LogP contribution in [0.3, 0.4) is 0 Å². The number of sulfone groups is 1. The standard InChI is InChI=1S/C12H22N2O3S2/c1-8(19(2,16)17)12(15)14-10(11(13)18)9-6-4-3-5-7-9/h8-10H,3-7H2,1-2H3,(H2,13,18)(H,14,15). The van der Waals surface area contributed by atoms with Crippen LogP contribution in [-0.2, 0) is 14.6 Å². The van der Waals surface area contributed by atoms with Crippen LogP contribution in [0.5, 0.6) is 0 Å². The van der Waals surface area contributed by atoms with E-state index in [1.807, 2.05) is 0 Å². The Hall–Kier alpha value is -0.690. The summed E-state index contributed by atoms with van der Waals surface area (Å²) in [6.07, 6.45) is 6.37. The number of hydrogen-bond donors (Lipinski definition) is 2. The zero-order valence-electron chi connectivity index (χ0n) is 11.4. The number of amides is 1. The predicted octanol–water partition coefficient (Wildman–Crippen LogP) is 0.771. The average Bonchev–Trinajstić information content (AvgIpc) is 2.34. The van der Waals surface area contributed by atoms with Gasteiger partial charge in [0, 0.05) is 6.26 Å². The van der Waals surface area contributed by atoms with Crippen LogP contribution in [-0.4, -0.2) is 36.9 Å². The van der Waals surface area contributed by atoms with E-state index in [0.717, 1.165) is 31.9 Å². The van der Waals surface area contributed by atoms with E-state index in [1.54, 1.807) is 0 Å². The SMILES string of the molecule is CC(C(=O)NC(C(N)=S)C1CCCCC1)S(C)(=O)=O. The van der Waals surface area contributed by atoms with Gasteiger partial charge in [-0.3, -0.25) is 4.79 Å². The van der Waals surface area contributed by atoms with Gasteiger partial charge in [0.15, 0.2) is 9.84 Å². The van der Waals surface area contributed by atoms with Gasteiger partial charge in [-0.15, -0.1) is 0 Å². The van der Waals surface area contributed by atoms with Gasteiger partial charge < -0.3 is 11.1 Å². The van der Waals surface area contributed by atoms with Gasteiger partial charge in [-0.05, 0) is 25.7 Å². The molecule has 0 aliphatic heterocycles. The molecule has 2 atom stereocenters. The monoisotopic (exact) mass is 306 g/mol. The Balaban J connectivity index is 2.73. The highest BCUT2D eigenvalue weighted by Gasteiger charge is 2.31. The van der Waals surface area contributed by atoms with Crippen molar-refractivity contribution >= 4 is 33.0 Å². The molecule has 110 valence electrons. The van der Waals surface area contributed by atoms with Gasteiger partial charge in [0.1, 0.15) is 5.25 Å². The highest BCUT2D eigenvalue weighted by molar-refractivity contribution is 7.92. The summed E-state index contributed by atoms with van der Waals surface area (Å²) in [6, 6.07) is -0.396. The Morgan fingerprint density at radius 2 is 1.84 bits per heavy atom. The van der Waals surface area contributed by atoms with Crippen LogP contribution >= 0.6 is 12.2 Å². The third-order valence-corrected chi connectivity index (χ3v) is 5.49. The molecule has 1 fully saturated rings. The van der Waals surface area contributed by atoms with E-state index in [-0.39, 0.29) is 10.9 Å². The Morgan fingerprint density at radius 3 is 2.26 bits per heavy atom. The lowest BCUT2D eigenvalue weighted by Crippen LogP contribution is -2.52. The van der Waals surface area contributed by atoms with E-state index < -0.39 is 27.0 Å². The molecule has 1 saturated carbocycles. The van der Waals surface area contributed by atoms with Crippen molar-refractivity contribution in [3.63, 3.8) is 0 Å². The molecule has 0 spiro atoms. The van der Waals surface area contributed by atoms with Crippen LogP contribution in [0.4, 0.5) is 0 Å². The van der Waals surface area contributed by atoms with Crippen molar-refractivity contribution in [1.29, 1.82) is 0 Å². The minimum atomic E-state index is -3.40. The highest BCUT2D eigenvalue weighted by atomic mass is 32.2. The molecule has 2 unspecified atom stereocenters. The maximum Gasteiger partial charge on any atom is 0.238 e. The summed E-state index contributed by atoms with van der Waals surface area (Å²) in [6.45, 7) is 1.38. The molecule has 0 heterocycles. The van der Waals surface area contributed by atoms with Crippen molar-refractivity contribution in [1.82, 2.24) is 5.32 Å². The molecule has 3 N–H and O–H groups in total. The first-order valence-electron chi connectivity index (χ1n) is 6.52. The van der Waals surface area contributed by atoms with Gasteiger partial charge in [-0.1, -0.05) is 31.5 Å². The van der Waals surface area contributed by atoms with Crippen LogP contribution in [0.1, 0.15) is 39.0 Å². The fourth-order valence-corrected chi connectivity index (χ4v) is 3.06. The van der Waals surface area contributed by atoms with Gasteiger partial charge in [-0.2, -0.15) is 0 Å². The molecule has 1 aliphatic rings. The summed E-state index contributed by atoms with van der Waals surface area (Å²) in [5, 5.41) is 1.63. The second-order valence-corrected chi connectivity index (χ2v) is 8.10. The minimum absolute atomic E-state index is 0.224. The molecule has 0 aromatic rings. The molecule has 0 aromatic carbocycles. The number of rotatable bonds is 5. The van der Waals surface area contributed by atoms with E-state index >= 15 is 0 Å². The summed E-state index contributed by atoms with van der Waals surface area (Å²) in [5.41, 5.74) is 5.69. The lowest BCUT2D eigenvalue weighted by atomic mass is 9.84. The van der Waals surface area contributed by atoms with E-state index in [9.17, 15) is 13.2 Å². The Bertz CT molecular complexity index is 442. The van der Waals surface area contributed by atoms with Crippen molar-refractivity contribution in [3.8, 4) is 0 Å². The third-order valence-electron chi connectivity index (χ3n) is 3.74. The molecule has 0 bridgehead atoms. The summed E-state index contributed by atoms with van der Waals surface area (Å²) in [7, 11) is -3.40. The Morgan fingerprint density at radius 1 is 1.32 bits per heavy atom. The molecule has 19 heavy (non-hydrogen) atoms. The second kappa shape index (κ2) is 6.65. The number of nitrogens with two attached hydrogens (primary N) is 1. The fourth-order valence-electron chi connectivity index (χ4n) is 2.35. The fraction of sp³-hybridized carbons (Fsp3) is 0.833. The number of carbonyl (C=O) groups excluding carboxylic acids is 1. The largest absolute Gasteiger partial charge is 0.392 e. The van der Waals surface area contributed by atoms with Crippen LogP contribution in [0, 0.1) is 5.92 Å². The van der Waals surface area contributed by atoms with Crippen LogP contribution in [0.2, 0.25) is 0 Å². The second-order valence-electron chi connectivity index (χ2n) is 5.26. The smallest absolute Gasteiger partial charge is 0.238 e. The van der Waals surface area contributed by atoms with E-state index in [0.29, 0.717) is 0 Å². The molecular weight excluding hydrogens is 284 g/mol. The first-order chi connectivity index (χ1) is 8.73. The summed E-state index contributed by atoms with van der Waals surface area (Å²) < 4.78 is 22.8. The topological polar surface area (TPSA) is 89.3 Å². The van der Waals surface area contributed by atoms with Crippen LogP contribution < -0.4 is 11.1 Å². The molecule has 0 aromatic heterocycles. The zero-order valence-corrected chi connectivity index (χ0v) is 13.0. The first kappa shape index (κ1) is 16.4. The lowest BCUT2D eigenvalue weighted by Gasteiger charge is -2.30. The Kier molecular flexibility index (Phi) is 5.73. The molecule has 1 rings (SSSR count). The minimum Gasteiger partial charge on any atom is -0.392 e. The maximum absolute atomic E-state index is 11.9. The van der Waals surface area contributed by atoms with Crippen molar-refractivity contribution < 1.29 is 13.2 Å². The first-order valence-corrected chi connectivity index (χ1v) is 8.88. The molecule has 5 nitrogen and oxygen atoms in total. The van der Waals surface area contributed by atoms with Crippen molar-refractivity contribution in [2.24, 2.45) is 11.7 Å². The zero-order chi connectivity index (χ0) is 14.6. The third kappa shape index (κ3) is 4.72. The van der Waals surface area contributed by atoms with Crippen molar-refractivity contribution in [3.05, 3.63) is 0 Å². The quantitative estimate of drug-likeness (QED) is 0.732. The molecule has 0 saturated heterocycles. The summed E-state index contributed by atoms with van der Waals surface area (Å²) in [5.74, 6) is -0.298. The number of carbonyl (C=O) groups is 1. The predicted molar refractivity (Wildman–Crippen MR) is 79.6 cm³/mol. The van der Waals surface area contributed by atoms with Crippen molar-refractivity contribution in [2.75, 3.05) is 6.26 Å². The van der Waals surface area contributed by atoms with E-state index in [1.165, 1.54) is 13.3 Å².